The fraction of sp³-hybridized carbons (Fsp3) is 0.438. The van der Waals surface area contributed by atoms with E-state index in [0.717, 1.165) is 60.5 Å². The first kappa shape index (κ1) is 41.0. The highest BCUT2D eigenvalue weighted by molar-refractivity contribution is 7.25. The zero-order valence-electron chi connectivity index (χ0n) is 46.6. The van der Waals surface area contributed by atoms with Gasteiger partial charge in [0.05, 0.1) is 0 Å². The van der Waals surface area contributed by atoms with E-state index in [4.69, 9.17) is 0 Å². The number of hydrogen-bond donors (Lipinski definition) is 0. The number of thiophene rings is 1. The van der Waals surface area contributed by atoms with Crippen LogP contribution in [0.1, 0.15) is 185 Å². The lowest BCUT2D eigenvalue weighted by Crippen LogP contribution is -2.62. The molecule has 0 unspecified atom stereocenters. The maximum atomic E-state index is 9.23. The molecule has 0 radical (unpaired) electrons. The van der Waals surface area contributed by atoms with Crippen molar-refractivity contribution in [3.63, 3.8) is 0 Å². The van der Waals surface area contributed by atoms with Crippen molar-refractivity contribution in [1.29, 1.82) is 0 Å². The molecule has 1 aromatic heterocycles. The highest BCUT2D eigenvalue weighted by atomic mass is 32.1. The Hall–Kier alpha value is -4.80. The van der Waals surface area contributed by atoms with Gasteiger partial charge >= 0.3 is 0 Å². The smallest absolute Gasteiger partial charge is 0.252 e. The molecule has 3 heterocycles. The van der Waals surface area contributed by atoms with Gasteiger partial charge in [-0.2, -0.15) is 0 Å². The second-order valence-electron chi connectivity index (χ2n) is 26.9. The van der Waals surface area contributed by atoms with Crippen molar-refractivity contribution >= 4 is 88.7 Å². The second-order valence-corrected chi connectivity index (χ2v) is 28.0. The Balaban J connectivity index is 1.22. The van der Waals surface area contributed by atoms with Gasteiger partial charge in [0.1, 0.15) is 0 Å². The molecule has 2 aliphatic heterocycles. The SMILES string of the molecule is [2H]C([2H])([2H])c1cc2c3c(c1)N(c1ccc4sc5cc(C(C)(C)C)ccc5c4c1)c1cc4c(cc1B3c1cc3c(cc1N2c1ccc2c(c1)C(C)(C)CCC2(C)C)C(C)(C)CCC3(C)C)C(C)(C)CC4(C)C. The Morgan fingerprint density at radius 1 is 0.471 bits per heavy atom. The first-order valence-corrected chi connectivity index (χ1v) is 26.5. The highest BCUT2D eigenvalue weighted by Crippen LogP contribution is 2.55. The van der Waals surface area contributed by atoms with E-state index in [1.807, 2.05) is 17.4 Å². The minimum absolute atomic E-state index is 0.0137. The summed E-state index contributed by atoms with van der Waals surface area (Å²) < 4.78 is 30.3. The van der Waals surface area contributed by atoms with Crippen LogP contribution in [0, 0.1) is 6.85 Å². The molecule has 12 rings (SSSR count). The third kappa shape index (κ3) is 6.26. The average molecular weight is 916 g/mol. The second kappa shape index (κ2) is 13.7. The van der Waals surface area contributed by atoms with Crippen molar-refractivity contribution in [2.45, 2.75) is 181 Å². The molecule has 0 bridgehead atoms. The molecular formula is C64H73BN2S. The summed E-state index contributed by atoms with van der Waals surface area (Å²) in [6, 6.07) is 35.7. The first-order chi connectivity index (χ1) is 32.9. The predicted octanol–water partition coefficient (Wildman–Crippen LogP) is 16.4. The van der Waals surface area contributed by atoms with Crippen molar-refractivity contribution in [1.82, 2.24) is 0 Å². The van der Waals surface area contributed by atoms with Gasteiger partial charge in [-0.25, -0.2) is 0 Å². The summed E-state index contributed by atoms with van der Waals surface area (Å²) in [5, 5.41) is 2.50. The van der Waals surface area contributed by atoms with E-state index >= 15 is 0 Å². The summed E-state index contributed by atoms with van der Waals surface area (Å²) in [5.74, 6) is 0. The molecule has 0 fully saturated rings. The van der Waals surface area contributed by atoms with Crippen LogP contribution in [0.5, 0.6) is 0 Å². The van der Waals surface area contributed by atoms with Gasteiger partial charge in [0.15, 0.2) is 0 Å². The number of nitrogens with zero attached hydrogens (tertiary/aromatic N) is 2. The van der Waals surface area contributed by atoms with Crippen molar-refractivity contribution in [3.8, 4) is 0 Å². The van der Waals surface area contributed by atoms with E-state index in [-0.39, 0.29) is 44.6 Å². The predicted molar refractivity (Wildman–Crippen MR) is 298 cm³/mol. The van der Waals surface area contributed by atoms with E-state index in [1.54, 1.807) is 0 Å². The number of anilines is 6. The molecule has 6 aromatic carbocycles. The fourth-order valence-electron chi connectivity index (χ4n) is 14.2. The highest BCUT2D eigenvalue weighted by Gasteiger charge is 2.50. The molecule has 0 N–H and O–H groups in total. The summed E-state index contributed by atoms with van der Waals surface area (Å²) in [5.41, 5.74) is 20.4. The van der Waals surface area contributed by atoms with Crippen LogP contribution in [0.3, 0.4) is 0 Å². The number of fused-ring (bicyclic) bond motifs is 10. The standard InChI is InChI=1S/C64H73BN2S/c1-37-27-53-57-54(28-37)67(40-18-21-43-44(31-40)60(7,8)24-23-59(43,5)6)51-34-47-45(61(9,10)25-26-62(47,11)12)32-49(51)65(57)50-33-46-48(64(15,16)36-63(46,13)14)35-52(50)66(53)39-19-22-55-42(30-39)41-20-17-38(58(2,3)4)29-56(41)68-55/h17-22,27-35H,23-26,36H2,1-16H3/i1D3. The molecular weight excluding hydrogens is 840 g/mol. The first-order valence-electron chi connectivity index (χ1n) is 27.2. The lowest BCUT2D eigenvalue weighted by Gasteiger charge is -2.48. The van der Waals surface area contributed by atoms with Gasteiger partial charge in [-0.15, -0.1) is 11.3 Å². The largest absolute Gasteiger partial charge is 0.311 e. The summed E-state index contributed by atoms with van der Waals surface area (Å²) in [7, 11) is 0. The molecule has 0 atom stereocenters. The van der Waals surface area contributed by atoms with Gasteiger partial charge in [-0.1, -0.05) is 134 Å². The molecule has 2 nitrogen and oxygen atoms in total. The zero-order valence-corrected chi connectivity index (χ0v) is 44.4. The van der Waals surface area contributed by atoms with Crippen LogP contribution in [-0.4, -0.2) is 6.71 Å². The third-order valence-corrected chi connectivity index (χ3v) is 19.3. The molecule has 3 aliphatic carbocycles. The monoisotopic (exact) mass is 916 g/mol. The number of rotatable bonds is 2. The van der Waals surface area contributed by atoms with E-state index in [1.165, 1.54) is 81.2 Å². The third-order valence-electron chi connectivity index (χ3n) is 18.2. The number of benzene rings is 6. The molecule has 348 valence electrons. The van der Waals surface area contributed by atoms with Crippen LogP contribution >= 0.6 is 11.3 Å². The minimum atomic E-state index is -2.36. The molecule has 7 aromatic rings. The van der Waals surface area contributed by atoms with Crippen molar-refractivity contribution < 1.29 is 4.11 Å². The van der Waals surface area contributed by atoms with Gasteiger partial charge in [0, 0.05) is 58.4 Å². The molecule has 0 spiro atoms. The van der Waals surface area contributed by atoms with Crippen LogP contribution < -0.4 is 26.2 Å². The van der Waals surface area contributed by atoms with Crippen LogP contribution in [0.25, 0.3) is 20.2 Å². The Labute approximate surface area is 416 Å². The average Bonchev–Trinajstić information content (AvgIpc) is 3.73. The van der Waals surface area contributed by atoms with Gasteiger partial charge in [-0.05, 0) is 198 Å². The molecule has 68 heavy (non-hydrogen) atoms. The summed E-state index contributed by atoms with van der Waals surface area (Å²) in [6.45, 7) is 33.5. The Morgan fingerprint density at radius 2 is 0.956 bits per heavy atom. The van der Waals surface area contributed by atoms with Crippen LogP contribution in [0.2, 0.25) is 0 Å². The number of aryl methyl sites for hydroxylation is 1. The van der Waals surface area contributed by atoms with E-state index in [9.17, 15) is 4.11 Å². The molecule has 0 saturated carbocycles. The maximum Gasteiger partial charge on any atom is 0.252 e. The van der Waals surface area contributed by atoms with E-state index < -0.39 is 6.85 Å². The Morgan fingerprint density at radius 3 is 1.51 bits per heavy atom. The Kier molecular flexibility index (Phi) is 8.29. The van der Waals surface area contributed by atoms with E-state index in [0.29, 0.717) is 5.56 Å². The van der Waals surface area contributed by atoms with E-state index in [2.05, 4.69) is 199 Å². The van der Waals surface area contributed by atoms with Crippen molar-refractivity contribution in [2.24, 2.45) is 0 Å². The normalized spacial score (nSPS) is 21.5. The summed E-state index contributed by atoms with van der Waals surface area (Å²) in [4.78, 5) is 4.98. The fourth-order valence-corrected chi connectivity index (χ4v) is 15.3. The Bertz CT molecular complexity index is 3460. The maximum absolute atomic E-state index is 9.23. The van der Waals surface area contributed by atoms with Crippen molar-refractivity contribution in [2.75, 3.05) is 9.80 Å². The molecule has 4 heteroatoms. The van der Waals surface area contributed by atoms with Crippen molar-refractivity contribution in [3.05, 3.63) is 136 Å². The summed E-state index contributed by atoms with van der Waals surface area (Å²) in [6.07, 6.45) is 5.54. The topological polar surface area (TPSA) is 6.48 Å². The van der Waals surface area contributed by atoms with Crippen LogP contribution in [0.15, 0.2) is 91.0 Å². The van der Waals surface area contributed by atoms with Gasteiger partial charge in [-0.3, -0.25) is 0 Å². The zero-order chi connectivity index (χ0) is 50.7. The quantitative estimate of drug-likeness (QED) is 0.159. The molecule has 5 aliphatic rings. The van der Waals surface area contributed by atoms with Gasteiger partial charge < -0.3 is 9.80 Å². The molecule has 0 amide bonds. The number of hydrogen-bond acceptors (Lipinski definition) is 3. The molecule has 0 saturated heterocycles. The van der Waals surface area contributed by atoms with Gasteiger partial charge in [0.2, 0.25) is 0 Å². The van der Waals surface area contributed by atoms with Crippen LogP contribution in [0.4, 0.5) is 34.1 Å². The lowest BCUT2D eigenvalue weighted by molar-refractivity contribution is 0.332. The van der Waals surface area contributed by atoms with Crippen LogP contribution in [-0.2, 0) is 37.9 Å². The minimum Gasteiger partial charge on any atom is -0.311 e. The van der Waals surface area contributed by atoms with Gasteiger partial charge in [0.25, 0.3) is 6.71 Å². The lowest BCUT2D eigenvalue weighted by atomic mass is 9.33. The summed E-state index contributed by atoms with van der Waals surface area (Å²) >= 11 is 1.87.